The summed E-state index contributed by atoms with van der Waals surface area (Å²) in [5, 5.41) is 9.89. The van der Waals surface area contributed by atoms with Gasteiger partial charge in [-0.25, -0.2) is 0 Å². The number of benzene rings is 1. The fourth-order valence-corrected chi connectivity index (χ4v) is 2.70. The van der Waals surface area contributed by atoms with Crippen LogP contribution in [0, 0.1) is 5.92 Å². The molecule has 1 fully saturated rings. The van der Waals surface area contributed by atoms with Crippen molar-refractivity contribution in [3.63, 3.8) is 0 Å². The van der Waals surface area contributed by atoms with Crippen LogP contribution in [0.4, 0.5) is 0 Å². The van der Waals surface area contributed by atoms with Crippen LogP contribution in [0.1, 0.15) is 32.3 Å². The molecule has 0 aromatic heterocycles. The lowest BCUT2D eigenvalue weighted by molar-refractivity contribution is -0.128. The minimum atomic E-state index is -0.425. The zero-order chi connectivity index (χ0) is 15.1. The van der Waals surface area contributed by atoms with E-state index in [1.807, 2.05) is 32.0 Å². The number of hydrogen-bond donors (Lipinski definition) is 2. The van der Waals surface area contributed by atoms with E-state index in [9.17, 15) is 9.90 Å². The molecular formula is C16H26N2O2. The molecule has 0 spiro atoms. The number of carbonyl (C=O) groups is 1. The predicted octanol–water partition coefficient (Wildman–Crippen LogP) is 1.59. The maximum absolute atomic E-state index is 11.7. The number of nitrogens with two attached hydrogens (primary N) is 1. The Morgan fingerprint density at radius 3 is 2.45 bits per heavy atom. The van der Waals surface area contributed by atoms with Crippen LogP contribution in [0.3, 0.4) is 0 Å². The molecule has 2 rings (SSSR count). The Bertz CT molecular complexity index is 406. The van der Waals surface area contributed by atoms with Crippen LogP contribution in [0.5, 0.6) is 0 Å². The van der Waals surface area contributed by atoms with Crippen molar-refractivity contribution in [1.82, 2.24) is 4.90 Å². The summed E-state index contributed by atoms with van der Waals surface area (Å²) < 4.78 is 0. The molecule has 0 unspecified atom stereocenters. The van der Waals surface area contributed by atoms with E-state index in [1.165, 1.54) is 5.56 Å². The van der Waals surface area contributed by atoms with E-state index in [4.69, 9.17) is 5.73 Å². The van der Waals surface area contributed by atoms with Crippen LogP contribution >= 0.6 is 0 Å². The minimum Gasteiger partial charge on any atom is -0.393 e. The number of nitrogens with zero attached hydrogens (tertiary/aromatic N) is 1. The summed E-state index contributed by atoms with van der Waals surface area (Å²) in [6, 6.07) is 10.1. The van der Waals surface area contributed by atoms with Crippen LogP contribution in [0.2, 0.25) is 0 Å². The van der Waals surface area contributed by atoms with E-state index < -0.39 is 6.10 Å². The molecule has 0 aliphatic carbocycles. The monoisotopic (exact) mass is 278 g/mol. The zero-order valence-corrected chi connectivity index (χ0v) is 12.6. The quantitative estimate of drug-likeness (QED) is 0.882. The van der Waals surface area contributed by atoms with Gasteiger partial charge >= 0.3 is 0 Å². The van der Waals surface area contributed by atoms with Crippen molar-refractivity contribution in [2.45, 2.75) is 32.8 Å². The second-order valence-corrected chi connectivity index (χ2v) is 4.92. The number of carbonyl (C=O) groups excluding carboxylic acids is 1. The Labute approximate surface area is 121 Å². The fraction of sp³-hybridized carbons (Fsp3) is 0.562. The summed E-state index contributed by atoms with van der Waals surface area (Å²) in [6.07, 6.45) is -0.425. The zero-order valence-electron chi connectivity index (χ0n) is 12.6. The average Bonchev–Trinajstić information content (AvgIpc) is 2.95. The van der Waals surface area contributed by atoms with Gasteiger partial charge in [-0.3, -0.25) is 4.79 Å². The van der Waals surface area contributed by atoms with Crippen molar-refractivity contribution in [1.29, 1.82) is 0 Å². The van der Waals surface area contributed by atoms with Gasteiger partial charge in [-0.1, -0.05) is 44.2 Å². The molecular weight excluding hydrogens is 252 g/mol. The van der Waals surface area contributed by atoms with E-state index in [1.54, 1.807) is 11.8 Å². The first-order valence-electron chi connectivity index (χ1n) is 7.34. The van der Waals surface area contributed by atoms with Gasteiger partial charge in [0.2, 0.25) is 5.91 Å². The van der Waals surface area contributed by atoms with Crippen LogP contribution in [0.15, 0.2) is 30.3 Å². The molecule has 3 atom stereocenters. The second-order valence-electron chi connectivity index (χ2n) is 4.92. The molecule has 1 aliphatic heterocycles. The highest BCUT2D eigenvalue weighted by atomic mass is 16.3. The first kappa shape index (κ1) is 16.7. The first-order valence-corrected chi connectivity index (χ1v) is 7.34. The van der Waals surface area contributed by atoms with Gasteiger partial charge in [-0.15, -0.1) is 0 Å². The molecule has 3 N–H and O–H groups in total. The molecule has 4 nitrogen and oxygen atoms in total. The number of aliphatic hydroxyl groups excluding tert-OH is 1. The highest BCUT2D eigenvalue weighted by molar-refractivity contribution is 5.78. The Hall–Kier alpha value is -1.39. The standard InChI is InChI=1S/C14H20N2O2.C2H6/c1-10(17)12-8-16(14(18)7-15)9-13(12)11-5-3-2-4-6-11;1-2/h2-6,10,12-13,17H,7-9,15H2,1H3;1-2H3/t10-,12-,13-;/m0./s1. The second kappa shape index (κ2) is 8.02. The Balaban J connectivity index is 0.000000956. The molecule has 1 heterocycles. The summed E-state index contributed by atoms with van der Waals surface area (Å²) in [6.45, 7) is 7.06. The maximum atomic E-state index is 11.7. The summed E-state index contributed by atoms with van der Waals surface area (Å²) >= 11 is 0. The molecule has 1 amide bonds. The molecule has 4 heteroatoms. The van der Waals surface area contributed by atoms with Crippen molar-refractivity contribution in [2.75, 3.05) is 19.6 Å². The molecule has 0 radical (unpaired) electrons. The Morgan fingerprint density at radius 2 is 1.95 bits per heavy atom. The lowest BCUT2D eigenvalue weighted by atomic mass is 9.86. The van der Waals surface area contributed by atoms with Crippen molar-refractivity contribution < 1.29 is 9.90 Å². The Morgan fingerprint density at radius 1 is 1.35 bits per heavy atom. The fourth-order valence-electron chi connectivity index (χ4n) is 2.70. The number of likely N-dealkylation sites (tertiary alicyclic amines) is 1. The van der Waals surface area contributed by atoms with Crippen molar-refractivity contribution in [3.8, 4) is 0 Å². The number of rotatable bonds is 3. The third-order valence-electron chi connectivity index (χ3n) is 3.74. The molecule has 112 valence electrons. The van der Waals surface area contributed by atoms with E-state index in [0.717, 1.165) is 0 Å². The summed E-state index contributed by atoms with van der Waals surface area (Å²) in [5.74, 6) is 0.240. The minimum absolute atomic E-state index is 0.0358. The third kappa shape index (κ3) is 3.81. The van der Waals surface area contributed by atoms with Gasteiger partial charge in [-0.05, 0) is 12.5 Å². The van der Waals surface area contributed by atoms with Crippen molar-refractivity contribution in [3.05, 3.63) is 35.9 Å². The molecule has 0 bridgehead atoms. The smallest absolute Gasteiger partial charge is 0.236 e. The SMILES string of the molecule is CC.C[C@H](O)[C@@H]1CN(C(=O)CN)C[C@H]1c1ccccc1. The van der Waals surface area contributed by atoms with E-state index >= 15 is 0 Å². The lowest BCUT2D eigenvalue weighted by Crippen LogP contribution is -2.35. The van der Waals surface area contributed by atoms with Crippen LogP contribution in [0.25, 0.3) is 0 Å². The first-order chi connectivity index (χ1) is 9.63. The van der Waals surface area contributed by atoms with Gasteiger partial charge in [0.05, 0.1) is 12.6 Å². The van der Waals surface area contributed by atoms with E-state index in [0.29, 0.717) is 13.1 Å². The van der Waals surface area contributed by atoms with Gasteiger partial charge in [0.15, 0.2) is 0 Å². The molecule has 1 aliphatic rings. The third-order valence-corrected chi connectivity index (χ3v) is 3.74. The lowest BCUT2D eigenvalue weighted by Gasteiger charge is -2.20. The summed E-state index contributed by atoms with van der Waals surface area (Å²) in [4.78, 5) is 13.4. The number of aliphatic hydroxyl groups is 1. The normalized spacial score (nSPS) is 22.9. The number of hydrogen-bond acceptors (Lipinski definition) is 3. The maximum Gasteiger partial charge on any atom is 0.236 e. The topological polar surface area (TPSA) is 66.6 Å². The van der Waals surface area contributed by atoms with Crippen molar-refractivity contribution >= 4 is 5.91 Å². The average molecular weight is 278 g/mol. The van der Waals surface area contributed by atoms with Gasteiger partial charge in [0, 0.05) is 24.9 Å². The highest BCUT2D eigenvalue weighted by Gasteiger charge is 2.37. The van der Waals surface area contributed by atoms with E-state index in [-0.39, 0.29) is 24.3 Å². The van der Waals surface area contributed by atoms with Crippen LogP contribution in [-0.2, 0) is 4.79 Å². The van der Waals surface area contributed by atoms with E-state index in [2.05, 4.69) is 12.1 Å². The highest BCUT2D eigenvalue weighted by Crippen LogP contribution is 2.34. The van der Waals surface area contributed by atoms with Gasteiger partial charge in [0.25, 0.3) is 0 Å². The molecule has 0 saturated carbocycles. The van der Waals surface area contributed by atoms with Gasteiger partial charge < -0.3 is 15.7 Å². The predicted molar refractivity (Wildman–Crippen MR) is 81.3 cm³/mol. The van der Waals surface area contributed by atoms with Gasteiger partial charge in [-0.2, -0.15) is 0 Å². The largest absolute Gasteiger partial charge is 0.393 e. The summed E-state index contributed by atoms with van der Waals surface area (Å²) in [7, 11) is 0. The van der Waals surface area contributed by atoms with Crippen LogP contribution in [-0.4, -0.2) is 41.7 Å². The van der Waals surface area contributed by atoms with Crippen molar-refractivity contribution in [2.24, 2.45) is 11.7 Å². The van der Waals surface area contributed by atoms with Crippen LogP contribution < -0.4 is 5.73 Å². The number of amides is 1. The Kier molecular flexibility index (Phi) is 6.68. The summed E-state index contributed by atoms with van der Waals surface area (Å²) in [5.41, 5.74) is 6.58. The molecule has 20 heavy (non-hydrogen) atoms. The molecule has 1 saturated heterocycles. The molecule has 1 aromatic carbocycles. The molecule has 1 aromatic rings. The van der Waals surface area contributed by atoms with Gasteiger partial charge in [0.1, 0.15) is 0 Å².